The van der Waals surface area contributed by atoms with Crippen molar-refractivity contribution in [3.8, 4) is 0 Å². The van der Waals surface area contributed by atoms with Crippen LogP contribution in [0, 0.1) is 5.92 Å². The lowest BCUT2D eigenvalue weighted by Gasteiger charge is -2.44. The molecule has 0 spiro atoms. The van der Waals surface area contributed by atoms with Gasteiger partial charge in [-0.25, -0.2) is 17.2 Å². The summed E-state index contributed by atoms with van der Waals surface area (Å²) in [5, 5.41) is 10.1. The highest BCUT2D eigenvalue weighted by Gasteiger charge is 2.42. The van der Waals surface area contributed by atoms with E-state index in [1.54, 1.807) is 0 Å². The second-order valence-corrected chi connectivity index (χ2v) is 8.43. The first-order chi connectivity index (χ1) is 10.9. The van der Waals surface area contributed by atoms with Gasteiger partial charge in [0, 0.05) is 12.1 Å². The van der Waals surface area contributed by atoms with Gasteiger partial charge in [-0.15, -0.1) is 0 Å². The summed E-state index contributed by atoms with van der Waals surface area (Å²) in [6, 6.07) is 5.05. The fourth-order valence-corrected chi connectivity index (χ4v) is 5.46. The number of benzene rings is 1. The number of rotatable bonds is 4. The minimum absolute atomic E-state index is 0.116. The Morgan fingerprint density at radius 3 is 2.52 bits per heavy atom. The smallest absolute Gasteiger partial charge is 0.263 e. The van der Waals surface area contributed by atoms with E-state index >= 15 is 0 Å². The van der Waals surface area contributed by atoms with E-state index in [1.165, 1.54) is 28.6 Å². The van der Waals surface area contributed by atoms with Gasteiger partial charge in [-0.1, -0.05) is 24.3 Å². The summed E-state index contributed by atoms with van der Waals surface area (Å²) < 4.78 is 51.9. The summed E-state index contributed by atoms with van der Waals surface area (Å²) in [4.78, 5) is 0. The topological polar surface area (TPSA) is 57.6 Å². The number of alkyl halides is 2. The Balaban J connectivity index is 1.75. The second-order valence-electron chi connectivity index (χ2n) is 6.51. The highest BCUT2D eigenvalue weighted by atomic mass is 32.2. The van der Waals surface area contributed by atoms with Crippen LogP contribution < -0.4 is 0 Å². The van der Waals surface area contributed by atoms with Crippen molar-refractivity contribution in [3.05, 3.63) is 35.4 Å². The van der Waals surface area contributed by atoms with Crippen molar-refractivity contribution in [1.82, 2.24) is 4.31 Å². The predicted molar refractivity (Wildman–Crippen MR) is 82.5 cm³/mol. The maximum absolute atomic E-state index is 12.7. The third-order valence-electron chi connectivity index (χ3n) is 4.96. The molecule has 1 N–H and O–H groups in total. The van der Waals surface area contributed by atoms with Crippen LogP contribution in [0.4, 0.5) is 8.78 Å². The number of nitrogens with zero attached hydrogens (tertiary/aromatic N) is 1. The molecule has 0 radical (unpaired) electrons. The maximum Gasteiger partial charge on any atom is 0.263 e. The molecule has 4 nitrogen and oxygen atoms in total. The molecule has 128 valence electrons. The molecule has 1 heterocycles. The average molecular weight is 345 g/mol. The average Bonchev–Trinajstić information content (AvgIpc) is 2.51. The molecule has 2 aliphatic rings. The third-order valence-corrected chi connectivity index (χ3v) is 6.82. The lowest BCUT2D eigenvalue weighted by atomic mass is 9.79. The normalized spacial score (nSPS) is 29.0. The Kier molecular flexibility index (Phi) is 4.71. The van der Waals surface area contributed by atoms with E-state index in [2.05, 4.69) is 0 Å². The SMILES string of the molecule is O=S(=O)(Cc1ccc(C(F)F)cc1)N1CCC2CCC(O)C1C2. The van der Waals surface area contributed by atoms with Gasteiger partial charge < -0.3 is 5.11 Å². The van der Waals surface area contributed by atoms with Crippen LogP contribution in [-0.4, -0.2) is 36.5 Å². The molecule has 1 aromatic rings. The zero-order chi connectivity index (χ0) is 16.6. The fraction of sp³-hybridized carbons (Fsp3) is 0.625. The molecule has 1 aliphatic carbocycles. The quantitative estimate of drug-likeness (QED) is 0.913. The number of sulfonamides is 1. The zero-order valence-corrected chi connectivity index (χ0v) is 13.6. The number of hydrogen-bond donors (Lipinski definition) is 1. The fourth-order valence-electron chi connectivity index (χ4n) is 3.66. The summed E-state index contributed by atoms with van der Waals surface area (Å²) in [6.07, 6.45) is -0.0256. The zero-order valence-electron chi connectivity index (χ0n) is 12.7. The standard InChI is InChI=1S/C16H21F2NO3S/c17-16(18)13-4-1-12(2-5-13)10-23(21,22)19-8-7-11-3-6-15(20)14(19)9-11/h1-2,4-5,11,14-16,20H,3,6-10H2. The van der Waals surface area contributed by atoms with E-state index in [9.17, 15) is 22.3 Å². The van der Waals surface area contributed by atoms with Gasteiger partial charge in [0.1, 0.15) is 0 Å². The Labute approximate surface area is 135 Å². The molecule has 2 fully saturated rings. The number of hydrogen-bond acceptors (Lipinski definition) is 3. The van der Waals surface area contributed by atoms with Crippen LogP contribution in [0.5, 0.6) is 0 Å². The van der Waals surface area contributed by atoms with Crippen molar-refractivity contribution in [2.24, 2.45) is 5.92 Å². The Hall–Kier alpha value is -1.05. The van der Waals surface area contributed by atoms with Crippen LogP contribution in [0.15, 0.2) is 24.3 Å². The molecule has 3 atom stereocenters. The Bertz CT molecular complexity index is 648. The van der Waals surface area contributed by atoms with Crippen molar-refractivity contribution in [3.63, 3.8) is 0 Å². The summed E-state index contributed by atoms with van der Waals surface area (Å²) in [5.41, 5.74) is 0.372. The number of aliphatic hydroxyl groups is 1. The molecule has 0 aromatic heterocycles. The molecule has 2 bridgehead atoms. The summed E-state index contributed by atoms with van der Waals surface area (Å²) in [6.45, 7) is 0.434. The van der Waals surface area contributed by atoms with E-state index in [4.69, 9.17) is 0 Å². The van der Waals surface area contributed by atoms with Gasteiger partial charge in [-0.05, 0) is 37.2 Å². The van der Waals surface area contributed by atoms with Gasteiger partial charge in [0.05, 0.1) is 17.9 Å². The highest BCUT2D eigenvalue weighted by molar-refractivity contribution is 7.88. The second kappa shape index (κ2) is 6.45. The van der Waals surface area contributed by atoms with Crippen LogP contribution in [-0.2, 0) is 15.8 Å². The maximum atomic E-state index is 12.7. The van der Waals surface area contributed by atoms with E-state index < -0.39 is 22.6 Å². The first-order valence-corrected chi connectivity index (χ1v) is 9.52. The molecule has 0 amide bonds. The first kappa shape index (κ1) is 16.8. The lowest BCUT2D eigenvalue weighted by Crippen LogP contribution is -2.54. The van der Waals surface area contributed by atoms with Crippen LogP contribution in [0.1, 0.15) is 43.2 Å². The summed E-state index contributed by atoms with van der Waals surface area (Å²) >= 11 is 0. The largest absolute Gasteiger partial charge is 0.391 e. The molecule has 1 saturated carbocycles. The van der Waals surface area contributed by atoms with E-state index in [0.29, 0.717) is 30.9 Å². The highest BCUT2D eigenvalue weighted by Crippen LogP contribution is 2.36. The van der Waals surface area contributed by atoms with Crippen molar-refractivity contribution < 1.29 is 22.3 Å². The molecule has 7 heteroatoms. The number of piperidine rings is 1. The lowest BCUT2D eigenvalue weighted by molar-refractivity contribution is 0.00974. The molecular weight excluding hydrogens is 324 g/mol. The summed E-state index contributed by atoms with van der Waals surface area (Å²) in [5.74, 6) is 0.282. The minimum atomic E-state index is -3.57. The van der Waals surface area contributed by atoms with Crippen LogP contribution >= 0.6 is 0 Å². The molecule has 1 saturated heterocycles. The van der Waals surface area contributed by atoms with Crippen LogP contribution in [0.25, 0.3) is 0 Å². The summed E-state index contributed by atoms with van der Waals surface area (Å²) in [7, 11) is -3.57. The van der Waals surface area contributed by atoms with Crippen LogP contribution in [0.3, 0.4) is 0 Å². The van der Waals surface area contributed by atoms with Crippen LogP contribution in [0.2, 0.25) is 0 Å². The van der Waals surface area contributed by atoms with E-state index in [-0.39, 0.29) is 17.4 Å². The van der Waals surface area contributed by atoms with Crippen molar-refractivity contribution in [2.45, 2.75) is 50.0 Å². The van der Waals surface area contributed by atoms with Crippen molar-refractivity contribution >= 4 is 10.0 Å². The predicted octanol–water partition coefficient (Wildman–Crippen LogP) is 2.69. The third kappa shape index (κ3) is 3.56. The first-order valence-electron chi connectivity index (χ1n) is 7.91. The van der Waals surface area contributed by atoms with Gasteiger partial charge in [0.25, 0.3) is 6.43 Å². The molecule has 1 aromatic carbocycles. The monoisotopic (exact) mass is 345 g/mol. The molecule has 3 rings (SSSR count). The van der Waals surface area contributed by atoms with Gasteiger partial charge in [-0.3, -0.25) is 0 Å². The van der Waals surface area contributed by atoms with E-state index in [1.807, 2.05) is 0 Å². The number of halogens is 2. The molecule has 1 aliphatic heterocycles. The van der Waals surface area contributed by atoms with Crippen molar-refractivity contribution in [2.75, 3.05) is 6.54 Å². The van der Waals surface area contributed by atoms with Gasteiger partial charge in [0.15, 0.2) is 0 Å². The minimum Gasteiger partial charge on any atom is -0.391 e. The molecular formula is C16H21F2NO3S. The Morgan fingerprint density at radius 2 is 1.87 bits per heavy atom. The van der Waals surface area contributed by atoms with Gasteiger partial charge >= 0.3 is 0 Å². The van der Waals surface area contributed by atoms with Gasteiger partial charge in [0.2, 0.25) is 10.0 Å². The Morgan fingerprint density at radius 1 is 1.17 bits per heavy atom. The van der Waals surface area contributed by atoms with E-state index in [0.717, 1.165) is 12.8 Å². The number of fused-ring (bicyclic) bond motifs is 2. The van der Waals surface area contributed by atoms with Gasteiger partial charge in [-0.2, -0.15) is 4.31 Å². The van der Waals surface area contributed by atoms with Crippen molar-refractivity contribution in [1.29, 1.82) is 0 Å². The molecule has 23 heavy (non-hydrogen) atoms. The molecule has 3 unspecified atom stereocenters. The number of aliphatic hydroxyl groups excluding tert-OH is 1.